The second-order valence-corrected chi connectivity index (χ2v) is 8.84. The Hall–Kier alpha value is -3.76. The summed E-state index contributed by atoms with van der Waals surface area (Å²) in [7, 11) is -1.17. The predicted molar refractivity (Wildman–Crippen MR) is 131 cm³/mol. The molecule has 9 nitrogen and oxygen atoms in total. The third-order valence-electron chi connectivity index (χ3n) is 4.58. The van der Waals surface area contributed by atoms with Crippen LogP contribution in [0, 0.1) is 0 Å². The van der Waals surface area contributed by atoms with Crippen molar-refractivity contribution in [2.24, 2.45) is 5.10 Å². The molecule has 11 heteroatoms. The molecule has 0 saturated heterocycles. The average molecular weight is 519 g/mol. The number of rotatable bonds is 10. The number of carbonyl (C=O) groups is 1. The van der Waals surface area contributed by atoms with Crippen LogP contribution in [-0.4, -0.2) is 41.4 Å². The Morgan fingerprint density at radius 3 is 2.37 bits per heavy atom. The molecule has 3 aromatic rings. The van der Waals surface area contributed by atoms with Gasteiger partial charge in [-0.2, -0.15) is 13.5 Å². The van der Waals surface area contributed by atoms with Gasteiger partial charge in [-0.3, -0.25) is 4.79 Å². The number of hydrogen-bond acceptors (Lipinski definition) is 8. The van der Waals surface area contributed by atoms with Gasteiger partial charge in [0.05, 0.1) is 32.1 Å². The molecule has 0 saturated carbocycles. The molecule has 0 radical (unpaired) electrons. The van der Waals surface area contributed by atoms with Crippen LogP contribution >= 0.6 is 11.6 Å². The lowest BCUT2D eigenvalue weighted by Crippen LogP contribution is -2.17. The second kappa shape index (κ2) is 11.6. The van der Waals surface area contributed by atoms with Crippen LogP contribution in [0.2, 0.25) is 5.02 Å². The van der Waals surface area contributed by atoms with Gasteiger partial charge < -0.3 is 18.4 Å². The third kappa shape index (κ3) is 6.43. The second-order valence-electron chi connectivity index (χ2n) is 6.88. The fraction of sp³-hybridized carbons (Fsp3) is 0.167. The van der Waals surface area contributed by atoms with E-state index in [4.69, 9.17) is 30.0 Å². The van der Waals surface area contributed by atoms with Crippen molar-refractivity contribution in [1.29, 1.82) is 0 Å². The summed E-state index contributed by atoms with van der Waals surface area (Å²) in [6.07, 6.45) is 1.34. The molecule has 0 fully saturated rings. The summed E-state index contributed by atoms with van der Waals surface area (Å²) in [5.74, 6) is 0.365. The van der Waals surface area contributed by atoms with Gasteiger partial charge in [-0.1, -0.05) is 29.8 Å². The van der Waals surface area contributed by atoms with E-state index < -0.39 is 16.0 Å². The van der Waals surface area contributed by atoms with Crippen molar-refractivity contribution in [2.75, 3.05) is 20.8 Å². The van der Waals surface area contributed by atoms with Crippen molar-refractivity contribution in [3.8, 4) is 23.0 Å². The highest BCUT2D eigenvalue weighted by atomic mass is 35.5. The summed E-state index contributed by atoms with van der Waals surface area (Å²) in [6, 6.07) is 15.3. The lowest BCUT2D eigenvalue weighted by molar-refractivity contribution is 0.0954. The van der Waals surface area contributed by atoms with Crippen LogP contribution in [0.5, 0.6) is 23.0 Å². The number of ether oxygens (including phenoxy) is 3. The van der Waals surface area contributed by atoms with E-state index in [1.165, 1.54) is 50.8 Å². The van der Waals surface area contributed by atoms with Crippen LogP contribution in [0.15, 0.2) is 70.7 Å². The highest BCUT2D eigenvalue weighted by Crippen LogP contribution is 2.38. The van der Waals surface area contributed by atoms with Crippen molar-refractivity contribution in [1.82, 2.24) is 5.43 Å². The van der Waals surface area contributed by atoms with Gasteiger partial charge in [0.2, 0.25) is 5.75 Å². The summed E-state index contributed by atoms with van der Waals surface area (Å²) in [4.78, 5) is 12.4. The van der Waals surface area contributed by atoms with Gasteiger partial charge in [-0.15, -0.1) is 0 Å². The van der Waals surface area contributed by atoms with Crippen molar-refractivity contribution in [3.05, 3.63) is 76.8 Å². The number of methoxy groups -OCH3 is 2. The van der Waals surface area contributed by atoms with E-state index in [9.17, 15) is 13.2 Å². The maximum absolute atomic E-state index is 12.6. The molecule has 0 aliphatic heterocycles. The lowest BCUT2D eigenvalue weighted by Gasteiger charge is -2.14. The molecule has 1 N–H and O–H groups in total. The van der Waals surface area contributed by atoms with Crippen LogP contribution in [0.25, 0.3) is 0 Å². The van der Waals surface area contributed by atoms with Crippen LogP contribution < -0.4 is 23.8 Å². The molecular weight excluding hydrogens is 496 g/mol. The van der Waals surface area contributed by atoms with Crippen LogP contribution in [0.1, 0.15) is 22.8 Å². The summed E-state index contributed by atoms with van der Waals surface area (Å²) >= 11 is 6.32. The first kappa shape index (κ1) is 25.9. The molecule has 3 rings (SSSR count). The number of hydrogen-bond donors (Lipinski definition) is 1. The van der Waals surface area contributed by atoms with Gasteiger partial charge in [0.1, 0.15) is 4.90 Å². The summed E-state index contributed by atoms with van der Waals surface area (Å²) in [6.45, 7) is 1.96. The molecule has 0 aliphatic carbocycles. The van der Waals surface area contributed by atoms with Crippen LogP contribution in [-0.2, 0) is 10.1 Å². The van der Waals surface area contributed by atoms with Gasteiger partial charge in [0.15, 0.2) is 17.2 Å². The largest absolute Gasteiger partial charge is 0.493 e. The molecule has 184 valence electrons. The monoisotopic (exact) mass is 518 g/mol. The maximum Gasteiger partial charge on any atom is 0.339 e. The Morgan fingerprint density at radius 2 is 1.71 bits per heavy atom. The van der Waals surface area contributed by atoms with Crippen LogP contribution in [0.4, 0.5) is 0 Å². The maximum atomic E-state index is 12.6. The number of carbonyl (C=O) groups excluding carboxylic acids is 1. The zero-order valence-electron chi connectivity index (χ0n) is 19.1. The van der Waals surface area contributed by atoms with E-state index in [1.54, 1.807) is 37.3 Å². The first-order valence-corrected chi connectivity index (χ1v) is 12.1. The Morgan fingerprint density at radius 1 is 1.00 bits per heavy atom. The number of hydrazone groups is 1. The summed E-state index contributed by atoms with van der Waals surface area (Å²) in [5.41, 5.74) is 3.15. The quantitative estimate of drug-likeness (QED) is 0.242. The van der Waals surface area contributed by atoms with Gasteiger partial charge in [-0.25, -0.2) is 5.43 Å². The van der Waals surface area contributed by atoms with Crippen molar-refractivity contribution < 1.29 is 31.6 Å². The normalized spacial score (nSPS) is 11.2. The van der Waals surface area contributed by atoms with Gasteiger partial charge in [0.25, 0.3) is 5.91 Å². The van der Waals surface area contributed by atoms with Crippen LogP contribution in [0.3, 0.4) is 0 Å². The number of nitrogens with one attached hydrogen (secondary N) is 1. The first-order chi connectivity index (χ1) is 16.8. The molecule has 35 heavy (non-hydrogen) atoms. The fourth-order valence-electron chi connectivity index (χ4n) is 2.96. The summed E-state index contributed by atoms with van der Waals surface area (Å²) in [5, 5.41) is 3.93. The minimum atomic E-state index is -4.13. The number of amides is 1. The average Bonchev–Trinajstić information content (AvgIpc) is 2.86. The Kier molecular flexibility index (Phi) is 8.56. The van der Waals surface area contributed by atoms with E-state index in [2.05, 4.69) is 10.5 Å². The topological polar surface area (TPSA) is 113 Å². The Balaban J connectivity index is 1.80. The third-order valence-corrected chi connectivity index (χ3v) is 6.10. The van der Waals surface area contributed by atoms with E-state index in [0.29, 0.717) is 22.6 Å². The van der Waals surface area contributed by atoms with E-state index in [0.717, 1.165) is 0 Å². The van der Waals surface area contributed by atoms with E-state index in [1.807, 2.05) is 0 Å². The van der Waals surface area contributed by atoms with Gasteiger partial charge in [0, 0.05) is 5.56 Å². The molecule has 0 unspecified atom stereocenters. The molecular formula is C24H23ClN2O7S. The Labute approximate surface area is 208 Å². The minimum absolute atomic E-state index is 0.0110. The molecule has 0 bridgehead atoms. The zero-order chi connectivity index (χ0) is 25.4. The van der Waals surface area contributed by atoms with Crippen molar-refractivity contribution in [2.45, 2.75) is 11.8 Å². The highest BCUT2D eigenvalue weighted by Gasteiger charge is 2.22. The number of benzene rings is 3. The van der Waals surface area contributed by atoms with Gasteiger partial charge in [-0.05, 0) is 55.0 Å². The molecule has 0 heterocycles. The van der Waals surface area contributed by atoms with Crippen molar-refractivity contribution >= 4 is 33.8 Å². The van der Waals surface area contributed by atoms with Crippen molar-refractivity contribution in [3.63, 3.8) is 0 Å². The lowest BCUT2D eigenvalue weighted by atomic mass is 10.2. The Bertz CT molecular complexity index is 1330. The molecule has 1 amide bonds. The molecule has 3 aromatic carbocycles. The first-order valence-electron chi connectivity index (χ1n) is 10.3. The van der Waals surface area contributed by atoms with E-state index >= 15 is 0 Å². The smallest absolute Gasteiger partial charge is 0.339 e. The predicted octanol–water partition coefficient (Wildman–Crippen LogP) is 4.29. The number of nitrogens with zero attached hydrogens (tertiary/aromatic N) is 1. The number of halogens is 1. The molecule has 0 spiro atoms. The van der Waals surface area contributed by atoms with Gasteiger partial charge >= 0.3 is 10.1 Å². The summed E-state index contributed by atoms with van der Waals surface area (Å²) < 4.78 is 46.4. The molecule has 0 atom stereocenters. The fourth-order valence-corrected chi connectivity index (χ4v) is 4.24. The highest BCUT2D eigenvalue weighted by molar-refractivity contribution is 7.87. The standard InChI is InChI=1S/C24H23ClN2O7S/c1-4-33-22-13-16(12-19(25)23(22)34-35(29,30)18-8-6-5-7-9-18)15-26-27-24(28)17-10-11-20(31-2)21(14-17)32-3/h5-15H,4H2,1-3H3,(H,27,28)/b26-15+. The molecule has 0 aromatic heterocycles. The molecule has 0 aliphatic rings. The SMILES string of the molecule is CCOc1cc(/C=N/NC(=O)c2ccc(OC)c(OC)c2)cc(Cl)c1OS(=O)(=O)c1ccccc1. The zero-order valence-corrected chi connectivity index (χ0v) is 20.7. The van der Waals surface area contributed by atoms with E-state index in [-0.39, 0.29) is 28.0 Å². The minimum Gasteiger partial charge on any atom is -0.493 e.